The van der Waals surface area contributed by atoms with E-state index in [4.69, 9.17) is 5.73 Å². The molecular formula is C15H15N3O3. The lowest BCUT2D eigenvalue weighted by atomic mass is 10.1. The molecule has 21 heavy (non-hydrogen) atoms. The average Bonchev–Trinajstić information content (AvgIpc) is 2.46. The van der Waals surface area contributed by atoms with Crippen molar-refractivity contribution in [1.29, 1.82) is 0 Å². The van der Waals surface area contributed by atoms with E-state index in [0.717, 1.165) is 5.56 Å². The smallest absolute Gasteiger partial charge is 0.269 e. The lowest BCUT2D eigenvalue weighted by Gasteiger charge is -2.05. The highest BCUT2D eigenvalue weighted by molar-refractivity contribution is 5.90. The summed E-state index contributed by atoms with van der Waals surface area (Å²) in [6, 6.07) is 13.1. The van der Waals surface area contributed by atoms with Gasteiger partial charge in [0.1, 0.15) is 0 Å². The van der Waals surface area contributed by atoms with Crippen molar-refractivity contribution in [3.05, 3.63) is 64.2 Å². The van der Waals surface area contributed by atoms with E-state index in [1.165, 1.54) is 24.3 Å². The highest BCUT2D eigenvalue weighted by Gasteiger charge is 2.06. The van der Waals surface area contributed by atoms with Crippen LogP contribution in [0.15, 0.2) is 48.5 Å². The molecule has 0 bridgehead atoms. The van der Waals surface area contributed by atoms with E-state index in [-0.39, 0.29) is 11.6 Å². The Labute approximate surface area is 121 Å². The van der Waals surface area contributed by atoms with Crippen molar-refractivity contribution in [2.24, 2.45) is 0 Å². The molecular weight excluding hydrogens is 270 g/mol. The van der Waals surface area contributed by atoms with Crippen LogP contribution in [-0.2, 0) is 11.2 Å². The standard InChI is InChI=1S/C15H15N3O3/c16-12-3-1-2-11(10-12)4-9-15(19)17-13-5-7-14(8-6-13)18(20)21/h1-3,5-8,10H,4,9,16H2,(H,17,19). The van der Waals surface area contributed by atoms with Gasteiger partial charge in [-0.15, -0.1) is 0 Å². The van der Waals surface area contributed by atoms with Crippen LogP contribution in [0, 0.1) is 10.1 Å². The molecule has 6 heteroatoms. The van der Waals surface area contributed by atoms with Gasteiger partial charge in [0.25, 0.3) is 5.69 Å². The molecule has 0 radical (unpaired) electrons. The monoisotopic (exact) mass is 285 g/mol. The van der Waals surface area contributed by atoms with Crippen molar-refractivity contribution >= 4 is 23.0 Å². The number of hydrogen-bond donors (Lipinski definition) is 2. The molecule has 0 aliphatic heterocycles. The highest BCUT2D eigenvalue weighted by Crippen LogP contribution is 2.16. The number of carbonyl (C=O) groups is 1. The number of aryl methyl sites for hydroxylation is 1. The second-order valence-corrected chi connectivity index (χ2v) is 4.60. The van der Waals surface area contributed by atoms with Crippen molar-refractivity contribution in [3.63, 3.8) is 0 Å². The van der Waals surface area contributed by atoms with Crippen LogP contribution >= 0.6 is 0 Å². The average molecular weight is 285 g/mol. The molecule has 108 valence electrons. The van der Waals surface area contributed by atoms with Crippen LogP contribution in [0.25, 0.3) is 0 Å². The number of non-ortho nitro benzene ring substituents is 1. The Balaban J connectivity index is 1.88. The fourth-order valence-corrected chi connectivity index (χ4v) is 1.90. The number of nitrogens with two attached hydrogens (primary N) is 1. The van der Waals surface area contributed by atoms with Crippen molar-refractivity contribution in [3.8, 4) is 0 Å². The Bertz CT molecular complexity index is 653. The Morgan fingerprint density at radius 2 is 1.90 bits per heavy atom. The zero-order chi connectivity index (χ0) is 15.2. The predicted molar refractivity (Wildman–Crippen MR) is 80.9 cm³/mol. The summed E-state index contributed by atoms with van der Waals surface area (Å²) in [6.07, 6.45) is 0.907. The van der Waals surface area contributed by atoms with Gasteiger partial charge in [-0.3, -0.25) is 14.9 Å². The number of nitrogens with zero attached hydrogens (tertiary/aromatic N) is 1. The summed E-state index contributed by atoms with van der Waals surface area (Å²) in [5.74, 6) is -0.147. The predicted octanol–water partition coefficient (Wildman–Crippen LogP) is 2.75. The van der Waals surface area contributed by atoms with Gasteiger partial charge in [-0.05, 0) is 36.2 Å². The molecule has 0 aliphatic rings. The fourth-order valence-electron chi connectivity index (χ4n) is 1.90. The van der Waals surface area contributed by atoms with Gasteiger partial charge in [0.05, 0.1) is 4.92 Å². The quantitative estimate of drug-likeness (QED) is 0.501. The fraction of sp³-hybridized carbons (Fsp3) is 0.133. The number of hydrogen-bond acceptors (Lipinski definition) is 4. The summed E-state index contributed by atoms with van der Waals surface area (Å²) in [5, 5.41) is 13.2. The topological polar surface area (TPSA) is 98.3 Å². The number of carbonyl (C=O) groups excluding carboxylic acids is 1. The van der Waals surface area contributed by atoms with E-state index >= 15 is 0 Å². The Hall–Kier alpha value is -2.89. The first kappa shape index (κ1) is 14.5. The third-order valence-corrected chi connectivity index (χ3v) is 2.95. The number of nitrogen functional groups attached to an aromatic ring is 1. The molecule has 0 fully saturated rings. The number of anilines is 2. The summed E-state index contributed by atoms with van der Waals surface area (Å²) in [7, 11) is 0. The number of rotatable bonds is 5. The van der Waals surface area contributed by atoms with E-state index < -0.39 is 4.92 Å². The molecule has 1 amide bonds. The van der Waals surface area contributed by atoms with Crippen LogP contribution in [0.1, 0.15) is 12.0 Å². The molecule has 2 aromatic carbocycles. The molecule has 0 saturated heterocycles. The maximum Gasteiger partial charge on any atom is 0.269 e. The number of amides is 1. The molecule has 0 aliphatic carbocycles. The maximum absolute atomic E-state index is 11.8. The van der Waals surface area contributed by atoms with Crippen molar-refractivity contribution in [2.75, 3.05) is 11.1 Å². The third-order valence-electron chi connectivity index (χ3n) is 2.95. The molecule has 2 aromatic rings. The van der Waals surface area contributed by atoms with Crippen molar-refractivity contribution in [1.82, 2.24) is 0 Å². The zero-order valence-electron chi connectivity index (χ0n) is 11.3. The van der Waals surface area contributed by atoms with Crippen molar-refractivity contribution in [2.45, 2.75) is 12.8 Å². The molecule has 0 spiro atoms. The van der Waals surface area contributed by atoms with E-state index in [0.29, 0.717) is 24.2 Å². The summed E-state index contributed by atoms with van der Waals surface area (Å²) in [4.78, 5) is 21.9. The van der Waals surface area contributed by atoms with E-state index in [1.807, 2.05) is 18.2 Å². The second-order valence-electron chi connectivity index (χ2n) is 4.60. The molecule has 3 N–H and O–H groups in total. The van der Waals surface area contributed by atoms with Gasteiger partial charge >= 0.3 is 0 Å². The minimum absolute atomic E-state index is 0.00670. The highest BCUT2D eigenvalue weighted by atomic mass is 16.6. The molecule has 0 unspecified atom stereocenters. The van der Waals surface area contributed by atoms with Crippen LogP contribution in [0.5, 0.6) is 0 Å². The first-order chi connectivity index (χ1) is 10.0. The van der Waals surface area contributed by atoms with Crippen LogP contribution in [0.3, 0.4) is 0 Å². The van der Waals surface area contributed by atoms with Crippen LogP contribution in [0.2, 0.25) is 0 Å². The normalized spacial score (nSPS) is 10.1. The number of nitro benzene ring substituents is 1. The molecule has 0 atom stereocenters. The van der Waals surface area contributed by atoms with Gasteiger partial charge < -0.3 is 11.1 Å². The second kappa shape index (κ2) is 6.51. The minimum Gasteiger partial charge on any atom is -0.399 e. The Morgan fingerprint density at radius 3 is 2.52 bits per heavy atom. The summed E-state index contributed by atoms with van der Waals surface area (Å²) in [6.45, 7) is 0. The summed E-state index contributed by atoms with van der Waals surface area (Å²) >= 11 is 0. The third kappa shape index (κ3) is 4.31. The zero-order valence-corrected chi connectivity index (χ0v) is 11.3. The largest absolute Gasteiger partial charge is 0.399 e. The lowest BCUT2D eigenvalue weighted by molar-refractivity contribution is -0.384. The number of nitro groups is 1. The lowest BCUT2D eigenvalue weighted by Crippen LogP contribution is -2.12. The van der Waals surface area contributed by atoms with Gasteiger partial charge in [-0.2, -0.15) is 0 Å². The molecule has 2 rings (SSSR count). The summed E-state index contributed by atoms with van der Waals surface area (Å²) in [5.41, 5.74) is 7.87. The van der Waals surface area contributed by atoms with Crippen molar-refractivity contribution < 1.29 is 9.72 Å². The summed E-state index contributed by atoms with van der Waals surface area (Å²) < 4.78 is 0. The van der Waals surface area contributed by atoms with Crippen LogP contribution in [0.4, 0.5) is 17.1 Å². The van der Waals surface area contributed by atoms with Gasteiger partial charge in [0.2, 0.25) is 5.91 Å². The number of nitrogens with one attached hydrogen (secondary N) is 1. The van der Waals surface area contributed by atoms with Gasteiger partial charge in [-0.25, -0.2) is 0 Å². The molecule has 6 nitrogen and oxygen atoms in total. The van der Waals surface area contributed by atoms with Gasteiger partial charge in [-0.1, -0.05) is 12.1 Å². The SMILES string of the molecule is Nc1cccc(CCC(=O)Nc2ccc([N+](=O)[O-])cc2)c1. The Kier molecular flexibility index (Phi) is 4.50. The first-order valence-electron chi connectivity index (χ1n) is 6.43. The van der Waals surface area contributed by atoms with Crippen LogP contribution in [-0.4, -0.2) is 10.8 Å². The van der Waals surface area contributed by atoms with Crippen LogP contribution < -0.4 is 11.1 Å². The van der Waals surface area contributed by atoms with E-state index in [1.54, 1.807) is 6.07 Å². The molecule has 0 saturated carbocycles. The molecule has 0 heterocycles. The van der Waals surface area contributed by atoms with Gasteiger partial charge in [0.15, 0.2) is 0 Å². The maximum atomic E-state index is 11.8. The van der Waals surface area contributed by atoms with E-state index in [2.05, 4.69) is 5.32 Å². The molecule has 0 aromatic heterocycles. The first-order valence-corrected chi connectivity index (χ1v) is 6.43. The van der Waals surface area contributed by atoms with E-state index in [9.17, 15) is 14.9 Å². The number of benzene rings is 2. The van der Waals surface area contributed by atoms with Gasteiger partial charge in [0, 0.05) is 29.9 Å². The Morgan fingerprint density at radius 1 is 1.19 bits per heavy atom. The minimum atomic E-state index is -0.481.